The van der Waals surface area contributed by atoms with Gasteiger partial charge in [0.2, 0.25) is 11.8 Å². The Balaban J connectivity index is 1.37. The summed E-state index contributed by atoms with van der Waals surface area (Å²) in [5.74, 6) is 1.04. The van der Waals surface area contributed by atoms with Crippen molar-refractivity contribution < 1.29 is 9.59 Å². The zero-order chi connectivity index (χ0) is 18.1. The first-order valence-corrected chi connectivity index (χ1v) is 9.87. The van der Waals surface area contributed by atoms with Crippen LogP contribution < -0.4 is 10.6 Å². The van der Waals surface area contributed by atoms with Crippen LogP contribution in [0.15, 0.2) is 12.4 Å². The molecule has 3 fully saturated rings. The molecule has 26 heavy (non-hydrogen) atoms. The van der Waals surface area contributed by atoms with E-state index in [1.807, 2.05) is 24.3 Å². The number of nitrogens with one attached hydrogen (secondary N) is 2. The van der Waals surface area contributed by atoms with Crippen molar-refractivity contribution in [1.82, 2.24) is 25.3 Å². The molecule has 0 spiro atoms. The molecule has 1 aromatic heterocycles. The van der Waals surface area contributed by atoms with Crippen LogP contribution in [0.2, 0.25) is 0 Å². The second-order valence-corrected chi connectivity index (χ2v) is 8.13. The van der Waals surface area contributed by atoms with E-state index in [1.165, 1.54) is 12.8 Å². The molecule has 1 saturated carbocycles. The van der Waals surface area contributed by atoms with E-state index >= 15 is 0 Å². The maximum absolute atomic E-state index is 13.2. The second-order valence-electron chi connectivity index (χ2n) is 8.13. The number of carbonyl (C=O) groups excluding carboxylic acids is 2. The van der Waals surface area contributed by atoms with E-state index in [9.17, 15) is 9.59 Å². The van der Waals surface area contributed by atoms with E-state index < -0.39 is 0 Å². The standard InChI is InChI=1S/C19H29N5O2/c1-23-11-15(8-22-23)16-9-20-10-17(16)19(26)24-6-2-3-14(12-24)18(25)21-7-13-4-5-13/h8,11,13-14,16-17,20H,2-7,9-10,12H2,1H3,(H,21,25)/t14?,16-,17+/m1/s1. The minimum absolute atomic E-state index is 0.0577. The third-order valence-corrected chi connectivity index (χ3v) is 6.05. The van der Waals surface area contributed by atoms with Crippen LogP contribution >= 0.6 is 0 Å². The molecular weight excluding hydrogens is 330 g/mol. The van der Waals surface area contributed by atoms with Crippen LogP contribution in [-0.4, -0.2) is 59.2 Å². The molecule has 0 aromatic carbocycles. The lowest BCUT2D eigenvalue weighted by atomic mass is 9.88. The van der Waals surface area contributed by atoms with E-state index in [1.54, 1.807) is 4.68 Å². The lowest BCUT2D eigenvalue weighted by Crippen LogP contribution is -2.48. The van der Waals surface area contributed by atoms with Crippen molar-refractivity contribution in [2.24, 2.45) is 24.8 Å². The molecule has 2 saturated heterocycles. The number of hydrogen-bond donors (Lipinski definition) is 2. The molecule has 0 bridgehead atoms. The number of amides is 2. The SMILES string of the molecule is Cn1cc([C@H]2CNC[C@@H]2C(=O)N2CCCC(C(=O)NCC3CC3)C2)cn1. The van der Waals surface area contributed by atoms with Gasteiger partial charge in [-0.1, -0.05) is 0 Å². The molecule has 3 heterocycles. The van der Waals surface area contributed by atoms with Crippen molar-refractivity contribution in [3.8, 4) is 0 Å². The third kappa shape index (κ3) is 3.77. The lowest BCUT2D eigenvalue weighted by Gasteiger charge is -2.34. The maximum Gasteiger partial charge on any atom is 0.227 e. The average molecular weight is 359 g/mol. The van der Waals surface area contributed by atoms with E-state index in [4.69, 9.17) is 0 Å². The summed E-state index contributed by atoms with van der Waals surface area (Å²) in [6, 6.07) is 0. The summed E-state index contributed by atoms with van der Waals surface area (Å²) in [7, 11) is 1.90. The number of aromatic nitrogens is 2. The number of likely N-dealkylation sites (tertiary alicyclic amines) is 1. The van der Waals surface area contributed by atoms with Crippen molar-refractivity contribution in [2.75, 3.05) is 32.7 Å². The number of rotatable bonds is 5. The van der Waals surface area contributed by atoms with Gasteiger partial charge in [-0.3, -0.25) is 14.3 Å². The maximum atomic E-state index is 13.2. The molecule has 3 atom stereocenters. The minimum atomic E-state index is -0.0625. The number of aryl methyl sites for hydroxylation is 1. The molecule has 1 unspecified atom stereocenters. The van der Waals surface area contributed by atoms with Crippen LogP contribution in [0.4, 0.5) is 0 Å². The van der Waals surface area contributed by atoms with Crippen molar-refractivity contribution in [1.29, 1.82) is 0 Å². The van der Waals surface area contributed by atoms with Crippen LogP contribution in [0.3, 0.4) is 0 Å². The first kappa shape index (κ1) is 17.5. The van der Waals surface area contributed by atoms with Crippen molar-refractivity contribution in [3.05, 3.63) is 18.0 Å². The number of carbonyl (C=O) groups is 2. The predicted octanol–water partition coefficient (Wildman–Crippen LogP) is 0.488. The normalized spacial score (nSPS) is 29.0. The molecule has 2 aliphatic heterocycles. The van der Waals surface area contributed by atoms with Gasteiger partial charge in [-0.05, 0) is 37.2 Å². The van der Waals surface area contributed by atoms with E-state index in [2.05, 4.69) is 15.7 Å². The summed E-state index contributed by atoms with van der Waals surface area (Å²) in [6.07, 6.45) is 8.13. The summed E-state index contributed by atoms with van der Waals surface area (Å²) in [5.41, 5.74) is 1.12. The third-order valence-electron chi connectivity index (χ3n) is 6.05. The first-order valence-electron chi connectivity index (χ1n) is 9.87. The van der Waals surface area contributed by atoms with Crippen molar-refractivity contribution >= 4 is 11.8 Å². The Bertz CT molecular complexity index is 669. The van der Waals surface area contributed by atoms with Crippen LogP contribution in [-0.2, 0) is 16.6 Å². The molecule has 2 amide bonds. The summed E-state index contributed by atoms with van der Waals surface area (Å²) in [5, 5.41) is 10.7. The van der Waals surface area contributed by atoms with Gasteiger partial charge < -0.3 is 15.5 Å². The number of nitrogens with zero attached hydrogens (tertiary/aromatic N) is 3. The molecule has 142 valence electrons. The minimum Gasteiger partial charge on any atom is -0.356 e. The zero-order valence-corrected chi connectivity index (χ0v) is 15.5. The van der Waals surface area contributed by atoms with Crippen molar-refractivity contribution in [3.63, 3.8) is 0 Å². The smallest absolute Gasteiger partial charge is 0.227 e. The summed E-state index contributed by atoms with van der Waals surface area (Å²) in [4.78, 5) is 27.5. The van der Waals surface area contributed by atoms with Crippen LogP contribution in [0.1, 0.15) is 37.2 Å². The Kier molecular flexibility index (Phi) is 4.98. The Labute approximate surface area is 154 Å². The highest BCUT2D eigenvalue weighted by Gasteiger charge is 2.39. The van der Waals surface area contributed by atoms with E-state index in [0.29, 0.717) is 19.0 Å². The topological polar surface area (TPSA) is 79.3 Å². The molecule has 7 heteroatoms. The highest BCUT2D eigenvalue weighted by Crippen LogP contribution is 2.31. The fraction of sp³-hybridized carbons (Fsp3) is 0.737. The van der Waals surface area contributed by atoms with Gasteiger partial charge in [0.25, 0.3) is 0 Å². The largest absolute Gasteiger partial charge is 0.356 e. The summed E-state index contributed by atoms with van der Waals surface area (Å²) < 4.78 is 1.79. The number of hydrogen-bond acceptors (Lipinski definition) is 4. The van der Waals surface area contributed by atoms with Gasteiger partial charge in [-0.25, -0.2) is 0 Å². The zero-order valence-electron chi connectivity index (χ0n) is 15.5. The van der Waals surface area contributed by atoms with E-state index in [-0.39, 0.29) is 29.6 Å². The molecular formula is C19H29N5O2. The highest BCUT2D eigenvalue weighted by atomic mass is 16.2. The van der Waals surface area contributed by atoms with Gasteiger partial charge in [-0.15, -0.1) is 0 Å². The number of piperidine rings is 1. The van der Waals surface area contributed by atoms with Crippen LogP contribution in [0.25, 0.3) is 0 Å². The van der Waals surface area contributed by atoms with Crippen molar-refractivity contribution in [2.45, 2.75) is 31.6 Å². The lowest BCUT2D eigenvalue weighted by molar-refractivity contribution is -0.139. The molecule has 4 rings (SSSR count). The predicted molar refractivity (Wildman–Crippen MR) is 97.3 cm³/mol. The Morgan fingerprint density at radius 1 is 1.31 bits per heavy atom. The van der Waals surface area contributed by atoms with Gasteiger partial charge in [0.1, 0.15) is 0 Å². The second kappa shape index (κ2) is 7.39. The Hall–Kier alpha value is -1.89. The van der Waals surface area contributed by atoms with Gasteiger partial charge in [0, 0.05) is 51.9 Å². The van der Waals surface area contributed by atoms with Crippen LogP contribution in [0, 0.1) is 17.8 Å². The van der Waals surface area contributed by atoms with Crippen LogP contribution in [0.5, 0.6) is 0 Å². The fourth-order valence-corrected chi connectivity index (χ4v) is 4.26. The average Bonchev–Trinajstić information content (AvgIpc) is 3.18. The Morgan fingerprint density at radius 2 is 2.15 bits per heavy atom. The van der Waals surface area contributed by atoms with E-state index in [0.717, 1.165) is 38.0 Å². The van der Waals surface area contributed by atoms with Gasteiger partial charge in [0.05, 0.1) is 18.0 Å². The first-order chi connectivity index (χ1) is 12.6. The molecule has 0 radical (unpaired) electrons. The fourth-order valence-electron chi connectivity index (χ4n) is 4.26. The summed E-state index contributed by atoms with van der Waals surface area (Å²) in [6.45, 7) is 3.64. The molecule has 1 aromatic rings. The Morgan fingerprint density at radius 3 is 2.88 bits per heavy atom. The molecule has 3 aliphatic rings. The van der Waals surface area contributed by atoms with Gasteiger partial charge in [0.15, 0.2) is 0 Å². The van der Waals surface area contributed by atoms with Gasteiger partial charge in [-0.2, -0.15) is 5.10 Å². The molecule has 1 aliphatic carbocycles. The molecule has 2 N–H and O–H groups in total. The highest BCUT2D eigenvalue weighted by molar-refractivity contribution is 5.83. The summed E-state index contributed by atoms with van der Waals surface area (Å²) >= 11 is 0. The monoisotopic (exact) mass is 359 g/mol. The van der Waals surface area contributed by atoms with Gasteiger partial charge >= 0.3 is 0 Å². The molecule has 7 nitrogen and oxygen atoms in total. The quantitative estimate of drug-likeness (QED) is 0.802.